The Labute approximate surface area is 89.7 Å². The summed E-state index contributed by atoms with van der Waals surface area (Å²) in [5.41, 5.74) is 0.988. The fourth-order valence-corrected chi connectivity index (χ4v) is 1.19. The van der Waals surface area contributed by atoms with Crippen LogP contribution in [0.2, 0.25) is 0 Å². The Bertz CT molecular complexity index is 301. The molecule has 1 atom stereocenters. The van der Waals surface area contributed by atoms with Gasteiger partial charge in [0.05, 0.1) is 6.04 Å². The normalized spacial score (nSPS) is 12.1. The minimum atomic E-state index is -0.104. The third-order valence-corrected chi connectivity index (χ3v) is 2.00. The molecule has 15 heavy (non-hydrogen) atoms. The van der Waals surface area contributed by atoms with Crippen LogP contribution >= 0.6 is 0 Å². The van der Waals surface area contributed by atoms with E-state index in [1.165, 1.54) is 0 Å². The van der Waals surface area contributed by atoms with E-state index in [9.17, 15) is 4.79 Å². The Morgan fingerprint density at radius 3 is 3.07 bits per heavy atom. The second-order valence-corrected chi connectivity index (χ2v) is 3.21. The Morgan fingerprint density at radius 2 is 2.47 bits per heavy atom. The van der Waals surface area contributed by atoms with Crippen molar-refractivity contribution in [3.8, 4) is 0 Å². The van der Waals surface area contributed by atoms with Crippen LogP contribution in [0, 0.1) is 0 Å². The van der Waals surface area contributed by atoms with E-state index in [-0.39, 0.29) is 18.6 Å². The van der Waals surface area contributed by atoms with Crippen LogP contribution in [0.1, 0.15) is 25.5 Å². The van der Waals surface area contributed by atoms with E-state index in [1.807, 2.05) is 26.0 Å². The van der Waals surface area contributed by atoms with Crippen LogP contribution in [0.5, 0.6) is 0 Å². The maximum atomic E-state index is 11.3. The van der Waals surface area contributed by atoms with Gasteiger partial charge in [-0.1, -0.05) is 6.07 Å². The molecular weight excluding hydrogens is 192 g/mol. The summed E-state index contributed by atoms with van der Waals surface area (Å²) < 4.78 is 5.00. The van der Waals surface area contributed by atoms with Crippen molar-refractivity contribution in [1.29, 1.82) is 0 Å². The second kappa shape index (κ2) is 6.14. The van der Waals surface area contributed by atoms with Gasteiger partial charge in [0, 0.05) is 19.0 Å². The van der Waals surface area contributed by atoms with E-state index >= 15 is 0 Å². The molecule has 1 N–H and O–H groups in total. The van der Waals surface area contributed by atoms with Gasteiger partial charge >= 0.3 is 0 Å². The van der Waals surface area contributed by atoms with Gasteiger partial charge in [-0.05, 0) is 25.5 Å². The molecule has 0 spiro atoms. The van der Waals surface area contributed by atoms with Crippen molar-refractivity contribution >= 4 is 5.91 Å². The van der Waals surface area contributed by atoms with Crippen LogP contribution in [0.4, 0.5) is 0 Å². The highest BCUT2D eigenvalue weighted by Gasteiger charge is 2.08. The smallest absolute Gasteiger partial charge is 0.246 e. The number of nitrogens with one attached hydrogen (secondary N) is 1. The molecule has 0 aliphatic carbocycles. The third-order valence-electron chi connectivity index (χ3n) is 2.00. The summed E-state index contributed by atoms with van der Waals surface area (Å²) in [4.78, 5) is 15.3. The van der Waals surface area contributed by atoms with Gasteiger partial charge in [-0.3, -0.25) is 9.78 Å². The van der Waals surface area contributed by atoms with E-state index in [4.69, 9.17) is 4.74 Å². The summed E-state index contributed by atoms with van der Waals surface area (Å²) in [6, 6.07) is 3.74. The molecule has 4 nitrogen and oxygen atoms in total. The predicted octanol–water partition coefficient (Wildman–Crippen LogP) is 1.30. The lowest BCUT2D eigenvalue weighted by atomic mass is 10.1. The molecule has 0 fully saturated rings. The Hall–Kier alpha value is -1.42. The van der Waals surface area contributed by atoms with Gasteiger partial charge in [0.2, 0.25) is 5.91 Å². The Kier molecular flexibility index (Phi) is 4.77. The first-order chi connectivity index (χ1) is 7.24. The van der Waals surface area contributed by atoms with Crippen molar-refractivity contribution in [2.24, 2.45) is 0 Å². The van der Waals surface area contributed by atoms with Crippen molar-refractivity contribution in [1.82, 2.24) is 10.3 Å². The van der Waals surface area contributed by atoms with Crippen molar-refractivity contribution in [3.63, 3.8) is 0 Å². The van der Waals surface area contributed by atoms with Crippen LogP contribution in [0.3, 0.4) is 0 Å². The lowest BCUT2D eigenvalue weighted by Gasteiger charge is -2.13. The van der Waals surface area contributed by atoms with Gasteiger partial charge in [0.15, 0.2) is 0 Å². The molecule has 0 aliphatic rings. The van der Waals surface area contributed by atoms with Crippen molar-refractivity contribution < 1.29 is 9.53 Å². The van der Waals surface area contributed by atoms with Gasteiger partial charge in [0.25, 0.3) is 0 Å². The van der Waals surface area contributed by atoms with E-state index < -0.39 is 0 Å². The molecule has 0 saturated heterocycles. The predicted molar refractivity (Wildman–Crippen MR) is 57.3 cm³/mol. The molecule has 1 heterocycles. The standard InChI is InChI=1S/C11H16N2O2/c1-3-15-8-11(14)13-9(2)10-5-4-6-12-7-10/h4-7,9H,3,8H2,1-2H3,(H,13,14)/t9-/m0/s1. The maximum absolute atomic E-state index is 11.3. The van der Waals surface area contributed by atoms with Crippen molar-refractivity contribution in [2.75, 3.05) is 13.2 Å². The summed E-state index contributed by atoms with van der Waals surface area (Å²) in [6.07, 6.45) is 3.45. The number of ether oxygens (including phenoxy) is 1. The van der Waals surface area contributed by atoms with Gasteiger partial charge < -0.3 is 10.1 Å². The second-order valence-electron chi connectivity index (χ2n) is 3.21. The van der Waals surface area contributed by atoms with E-state index in [1.54, 1.807) is 12.4 Å². The average molecular weight is 208 g/mol. The summed E-state index contributed by atoms with van der Waals surface area (Å²) in [5.74, 6) is -0.104. The number of rotatable bonds is 5. The highest BCUT2D eigenvalue weighted by Crippen LogP contribution is 2.09. The highest BCUT2D eigenvalue weighted by molar-refractivity contribution is 5.77. The lowest BCUT2D eigenvalue weighted by molar-refractivity contribution is -0.126. The molecule has 1 aromatic heterocycles. The minimum absolute atomic E-state index is 0.0355. The Morgan fingerprint density at radius 1 is 1.67 bits per heavy atom. The molecule has 82 valence electrons. The van der Waals surface area contributed by atoms with E-state index in [0.717, 1.165) is 5.56 Å². The van der Waals surface area contributed by atoms with Crippen molar-refractivity contribution in [3.05, 3.63) is 30.1 Å². The quantitative estimate of drug-likeness (QED) is 0.793. The number of aromatic nitrogens is 1. The zero-order chi connectivity index (χ0) is 11.1. The number of hydrogen-bond acceptors (Lipinski definition) is 3. The SMILES string of the molecule is CCOCC(=O)N[C@@H](C)c1cccnc1. The van der Waals surface area contributed by atoms with Crippen LogP contribution in [0.25, 0.3) is 0 Å². The summed E-state index contributed by atoms with van der Waals surface area (Å²) in [6.45, 7) is 4.44. The first-order valence-corrected chi connectivity index (χ1v) is 5.01. The molecule has 0 aromatic carbocycles. The topological polar surface area (TPSA) is 51.2 Å². The third kappa shape index (κ3) is 4.08. The monoisotopic (exact) mass is 208 g/mol. The fourth-order valence-electron chi connectivity index (χ4n) is 1.19. The molecular formula is C11H16N2O2. The van der Waals surface area contributed by atoms with E-state index in [0.29, 0.717) is 6.61 Å². The van der Waals surface area contributed by atoms with Crippen LogP contribution in [-0.4, -0.2) is 24.1 Å². The zero-order valence-corrected chi connectivity index (χ0v) is 9.06. The number of carbonyl (C=O) groups is 1. The van der Waals surface area contributed by atoms with Gasteiger partial charge in [-0.15, -0.1) is 0 Å². The van der Waals surface area contributed by atoms with Gasteiger partial charge in [0.1, 0.15) is 6.61 Å². The largest absolute Gasteiger partial charge is 0.372 e. The average Bonchev–Trinajstić information content (AvgIpc) is 2.27. The van der Waals surface area contributed by atoms with Crippen LogP contribution in [-0.2, 0) is 9.53 Å². The minimum Gasteiger partial charge on any atom is -0.372 e. The van der Waals surface area contributed by atoms with Crippen LogP contribution < -0.4 is 5.32 Å². The molecule has 1 aromatic rings. The molecule has 0 radical (unpaired) electrons. The summed E-state index contributed by atoms with van der Waals surface area (Å²) in [7, 11) is 0. The molecule has 0 aliphatic heterocycles. The number of carbonyl (C=O) groups excluding carboxylic acids is 1. The maximum Gasteiger partial charge on any atom is 0.246 e. The van der Waals surface area contributed by atoms with Gasteiger partial charge in [-0.25, -0.2) is 0 Å². The molecule has 0 bridgehead atoms. The number of pyridine rings is 1. The number of hydrogen-bond donors (Lipinski definition) is 1. The first-order valence-electron chi connectivity index (χ1n) is 5.01. The molecule has 1 rings (SSSR count). The van der Waals surface area contributed by atoms with E-state index in [2.05, 4.69) is 10.3 Å². The van der Waals surface area contributed by atoms with Crippen molar-refractivity contribution in [2.45, 2.75) is 19.9 Å². The fraction of sp³-hybridized carbons (Fsp3) is 0.455. The lowest BCUT2D eigenvalue weighted by Crippen LogP contribution is -2.30. The first kappa shape index (κ1) is 11.7. The molecule has 0 saturated carbocycles. The molecule has 4 heteroatoms. The molecule has 0 unspecified atom stereocenters. The zero-order valence-electron chi connectivity index (χ0n) is 9.06. The number of amides is 1. The van der Waals surface area contributed by atoms with Gasteiger partial charge in [-0.2, -0.15) is 0 Å². The van der Waals surface area contributed by atoms with Crippen LogP contribution in [0.15, 0.2) is 24.5 Å². The summed E-state index contributed by atoms with van der Waals surface area (Å²) >= 11 is 0. The molecule has 1 amide bonds. The number of nitrogens with zero attached hydrogens (tertiary/aromatic N) is 1. The highest BCUT2D eigenvalue weighted by atomic mass is 16.5. The summed E-state index contributed by atoms with van der Waals surface area (Å²) in [5, 5.41) is 2.83. The Balaban J connectivity index is 2.42.